The molecule has 2 rings (SSSR count). The molecule has 5 heteroatoms. The Kier molecular flexibility index (Phi) is 4.38. The Hall–Kier alpha value is -1.33. The van der Waals surface area contributed by atoms with Crippen LogP contribution in [0.2, 0.25) is 0 Å². The van der Waals surface area contributed by atoms with Gasteiger partial charge in [0.2, 0.25) is 0 Å². The topological polar surface area (TPSA) is 50.2 Å². The zero-order valence-electron chi connectivity index (χ0n) is 9.92. The standard InChI is InChI=1S/C13H13NO2S2/c1-9-14-11(7-17-9)8-18-12-4-2-10(3-5-12)6-13(15)16/h2-5,7H,6,8H2,1H3,(H,15,16). The molecule has 0 atom stereocenters. The highest BCUT2D eigenvalue weighted by molar-refractivity contribution is 7.98. The zero-order valence-corrected chi connectivity index (χ0v) is 11.6. The molecule has 0 saturated heterocycles. The van der Waals surface area contributed by atoms with E-state index in [0.717, 1.165) is 26.9 Å². The lowest BCUT2D eigenvalue weighted by atomic mass is 10.2. The molecule has 0 aliphatic rings. The number of thioether (sulfide) groups is 1. The first-order chi connectivity index (χ1) is 8.63. The van der Waals surface area contributed by atoms with Crippen LogP contribution in [0.5, 0.6) is 0 Å². The average molecular weight is 279 g/mol. The smallest absolute Gasteiger partial charge is 0.307 e. The van der Waals surface area contributed by atoms with Crippen LogP contribution in [0.1, 0.15) is 16.3 Å². The number of rotatable bonds is 5. The molecule has 0 amide bonds. The van der Waals surface area contributed by atoms with Gasteiger partial charge in [0, 0.05) is 16.0 Å². The Bertz CT molecular complexity index is 534. The van der Waals surface area contributed by atoms with Gasteiger partial charge in [-0.25, -0.2) is 4.98 Å². The average Bonchev–Trinajstić information content (AvgIpc) is 2.74. The highest BCUT2D eigenvalue weighted by Gasteiger charge is 2.02. The molecule has 0 aliphatic heterocycles. The summed E-state index contributed by atoms with van der Waals surface area (Å²) in [5.41, 5.74) is 1.92. The van der Waals surface area contributed by atoms with Crippen LogP contribution in [-0.4, -0.2) is 16.1 Å². The van der Waals surface area contributed by atoms with Crippen molar-refractivity contribution in [2.45, 2.75) is 24.0 Å². The second-order valence-electron chi connectivity index (χ2n) is 3.86. The van der Waals surface area contributed by atoms with Crippen LogP contribution in [0.25, 0.3) is 0 Å². The Morgan fingerprint density at radius 3 is 2.67 bits per heavy atom. The third-order valence-corrected chi connectivity index (χ3v) is 4.20. The molecule has 94 valence electrons. The Morgan fingerprint density at radius 2 is 2.11 bits per heavy atom. The molecule has 2 aromatic rings. The molecule has 0 aliphatic carbocycles. The van der Waals surface area contributed by atoms with E-state index in [4.69, 9.17) is 5.11 Å². The molecule has 0 fully saturated rings. The van der Waals surface area contributed by atoms with Gasteiger partial charge in [0.25, 0.3) is 0 Å². The minimum absolute atomic E-state index is 0.0796. The van der Waals surface area contributed by atoms with Gasteiger partial charge >= 0.3 is 5.97 Å². The van der Waals surface area contributed by atoms with Gasteiger partial charge in [-0.05, 0) is 24.6 Å². The summed E-state index contributed by atoms with van der Waals surface area (Å²) in [6.45, 7) is 2.00. The summed E-state index contributed by atoms with van der Waals surface area (Å²) in [4.78, 5) is 16.1. The molecular formula is C13H13NO2S2. The third kappa shape index (κ3) is 3.85. The summed E-state index contributed by atoms with van der Waals surface area (Å²) in [7, 11) is 0. The van der Waals surface area contributed by atoms with Crippen molar-refractivity contribution >= 4 is 29.1 Å². The van der Waals surface area contributed by atoms with Gasteiger partial charge in [-0.1, -0.05) is 12.1 Å². The maximum Gasteiger partial charge on any atom is 0.307 e. The lowest BCUT2D eigenvalue weighted by Gasteiger charge is -2.01. The molecule has 1 N–H and O–H groups in total. The third-order valence-electron chi connectivity index (χ3n) is 2.33. The number of carboxylic acids is 1. The maximum absolute atomic E-state index is 10.6. The molecule has 1 heterocycles. The first kappa shape index (κ1) is 13.1. The predicted molar refractivity (Wildman–Crippen MR) is 74.2 cm³/mol. The fourth-order valence-electron chi connectivity index (χ4n) is 1.51. The number of benzene rings is 1. The molecule has 0 saturated carbocycles. The summed E-state index contributed by atoms with van der Waals surface area (Å²) in [6.07, 6.45) is 0.0796. The number of nitrogens with zero attached hydrogens (tertiary/aromatic N) is 1. The fourth-order valence-corrected chi connectivity index (χ4v) is 3.02. The summed E-state index contributed by atoms with van der Waals surface area (Å²) in [5.74, 6) is 0.0520. The van der Waals surface area contributed by atoms with E-state index in [1.807, 2.05) is 31.2 Å². The second-order valence-corrected chi connectivity index (χ2v) is 5.97. The lowest BCUT2D eigenvalue weighted by Crippen LogP contribution is -1.99. The number of aliphatic carboxylic acids is 1. The van der Waals surface area contributed by atoms with Crippen molar-refractivity contribution in [1.29, 1.82) is 0 Å². The Labute approximate surface area is 114 Å². The van der Waals surface area contributed by atoms with Crippen molar-refractivity contribution in [1.82, 2.24) is 4.98 Å². The second kappa shape index (κ2) is 6.02. The largest absolute Gasteiger partial charge is 0.481 e. The molecule has 0 radical (unpaired) electrons. The number of aromatic nitrogens is 1. The minimum atomic E-state index is -0.798. The fraction of sp³-hybridized carbons (Fsp3) is 0.231. The molecule has 0 spiro atoms. The number of aryl methyl sites for hydroxylation is 1. The van der Waals surface area contributed by atoms with E-state index >= 15 is 0 Å². The van der Waals surface area contributed by atoms with Gasteiger partial charge in [0.05, 0.1) is 17.1 Å². The highest BCUT2D eigenvalue weighted by atomic mass is 32.2. The van der Waals surface area contributed by atoms with Crippen LogP contribution in [0, 0.1) is 6.92 Å². The van der Waals surface area contributed by atoms with Crippen LogP contribution >= 0.6 is 23.1 Å². The van der Waals surface area contributed by atoms with Crippen LogP contribution in [0.4, 0.5) is 0 Å². The van der Waals surface area contributed by atoms with Crippen molar-refractivity contribution in [3.05, 3.63) is 45.9 Å². The van der Waals surface area contributed by atoms with E-state index in [9.17, 15) is 4.79 Å². The van der Waals surface area contributed by atoms with Crippen LogP contribution in [-0.2, 0) is 17.0 Å². The zero-order chi connectivity index (χ0) is 13.0. The van der Waals surface area contributed by atoms with E-state index in [0.29, 0.717) is 0 Å². The molecular weight excluding hydrogens is 266 g/mol. The van der Waals surface area contributed by atoms with Gasteiger partial charge in [0.1, 0.15) is 0 Å². The number of hydrogen-bond donors (Lipinski definition) is 1. The van der Waals surface area contributed by atoms with Crippen molar-refractivity contribution in [3.63, 3.8) is 0 Å². The van der Waals surface area contributed by atoms with E-state index in [1.54, 1.807) is 23.1 Å². The van der Waals surface area contributed by atoms with Crippen molar-refractivity contribution in [3.8, 4) is 0 Å². The van der Waals surface area contributed by atoms with Gasteiger partial charge in [-0.2, -0.15) is 0 Å². The van der Waals surface area contributed by atoms with Gasteiger partial charge in [-0.15, -0.1) is 23.1 Å². The molecule has 1 aromatic heterocycles. The first-order valence-corrected chi connectivity index (χ1v) is 7.34. The van der Waals surface area contributed by atoms with Gasteiger partial charge < -0.3 is 5.11 Å². The SMILES string of the molecule is Cc1nc(CSc2ccc(CC(=O)O)cc2)cs1. The molecule has 3 nitrogen and oxygen atoms in total. The number of carbonyl (C=O) groups is 1. The monoisotopic (exact) mass is 279 g/mol. The van der Waals surface area contributed by atoms with E-state index in [2.05, 4.69) is 10.4 Å². The predicted octanol–water partition coefficient (Wildman–Crippen LogP) is 3.37. The Balaban J connectivity index is 1.92. The van der Waals surface area contributed by atoms with Crippen molar-refractivity contribution in [2.75, 3.05) is 0 Å². The van der Waals surface area contributed by atoms with E-state index in [1.165, 1.54) is 0 Å². The van der Waals surface area contributed by atoms with Crippen molar-refractivity contribution < 1.29 is 9.90 Å². The number of carboxylic acid groups (broad SMARTS) is 1. The van der Waals surface area contributed by atoms with Crippen LogP contribution < -0.4 is 0 Å². The van der Waals surface area contributed by atoms with Gasteiger partial charge in [-0.3, -0.25) is 4.79 Å². The molecule has 18 heavy (non-hydrogen) atoms. The summed E-state index contributed by atoms with van der Waals surface area (Å²) in [6, 6.07) is 7.65. The van der Waals surface area contributed by atoms with E-state index in [-0.39, 0.29) is 6.42 Å². The molecule has 0 bridgehead atoms. The summed E-state index contributed by atoms with van der Waals surface area (Å²) < 4.78 is 0. The minimum Gasteiger partial charge on any atom is -0.481 e. The lowest BCUT2D eigenvalue weighted by molar-refractivity contribution is -0.136. The summed E-state index contributed by atoms with van der Waals surface area (Å²) >= 11 is 3.37. The molecule has 0 unspecified atom stereocenters. The van der Waals surface area contributed by atoms with E-state index < -0.39 is 5.97 Å². The summed E-state index contributed by atoms with van der Waals surface area (Å²) in [5, 5.41) is 11.8. The maximum atomic E-state index is 10.6. The number of thiazole rings is 1. The van der Waals surface area contributed by atoms with Crippen molar-refractivity contribution in [2.24, 2.45) is 0 Å². The first-order valence-electron chi connectivity index (χ1n) is 5.48. The Morgan fingerprint density at radius 1 is 1.39 bits per heavy atom. The number of hydrogen-bond acceptors (Lipinski definition) is 4. The highest BCUT2D eigenvalue weighted by Crippen LogP contribution is 2.23. The van der Waals surface area contributed by atoms with Gasteiger partial charge in [0.15, 0.2) is 0 Å². The quantitative estimate of drug-likeness (QED) is 0.853. The van der Waals surface area contributed by atoms with Crippen LogP contribution in [0.15, 0.2) is 34.5 Å². The normalized spacial score (nSPS) is 10.5. The van der Waals surface area contributed by atoms with Crippen LogP contribution in [0.3, 0.4) is 0 Å². The molecule has 1 aromatic carbocycles.